The first-order valence-electron chi connectivity index (χ1n) is 7.02. The molecular formula is C16H19NO3. The average molecular weight is 273 g/mol. The van der Waals surface area contributed by atoms with Gasteiger partial charge in [-0.3, -0.25) is 9.59 Å². The first kappa shape index (κ1) is 13.3. The molecule has 4 heteroatoms. The standard InChI is InChI=1S/C16H19NO3/c1-11-6-3-4-7-12(11)15(2)13(18)16(17-14(15)19)8-5-9-20-10-16/h3-4,6-7H,5,8-10H2,1-2H3,(H,17,19). The van der Waals surface area contributed by atoms with E-state index < -0.39 is 11.0 Å². The normalized spacial score (nSPS) is 33.5. The SMILES string of the molecule is Cc1ccccc1C1(C)C(=O)NC2(CCCOC2)C1=O. The van der Waals surface area contributed by atoms with E-state index in [1.54, 1.807) is 6.92 Å². The van der Waals surface area contributed by atoms with E-state index in [1.165, 1.54) is 0 Å². The van der Waals surface area contributed by atoms with Gasteiger partial charge in [0.2, 0.25) is 5.91 Å². The van der Waals surface area contributed by atoms with Crippen LogP contribution in [0.4, 0.5) is 0 Å². The van der Waals surface area contributed by atoms with Crippen LogP contribution in [0.25, 0.3) is 0 Å². The molecule has 2 aliphatic rings. The Morgan fingerprint density at radius 3 is 2.65 bits per heavy atom. The zero-order chi connectivity index (χ0) is 14.4. The van der Waals surface area contributed by atoms with E-state index >= 15 is 0 Å². The number of benzene rings is 1. The largest absolute Gasteiger partial charge is 0.379 e. The van der Waals surface area contributed by atoms with Gasteiger partial charge in [-0.25, -0.2) is 0 Å². The van der Waals surface area contributed by atoms with Crippen molar-refractivity contribution in [2.45, 2.75) is 37.6 Å². The zero-order valence-electron chi connectivity index (χ0n) is 11.9. The fourth-order valence-electron chi connectivity index (χ4n) is 3.43. The van der Waals surface area contributed by atoms with Gasteiger partial charge in [-0.2, -0.15) is 0 Å². The summed E-state index contributed by atoms with van der Waals surface area (Å²) in [5.74, 6) is -0.258. The first-order chi connectivity index (χ1) is 9.51. The van der Waals surface area contributed by atoms with Gasteiger partial charge >= 0.3 is 0 Å². The predicted molar refractivity (Wildman–Crippen MR) is 74.5 cm³/mol. The molecule has 2 atom stereocenters. The van der Waals surface area contributed by atoms with Crippen LogP contribution in [0.2, 0.25) is 0 Å². The summed E-state index contributed by atoms with van der Waals surface area (Å²) in [6.45, 7) is 4.62. The molecule has 0 radical (unpaired) electrons. The van der Waals surface area contributed by atoms with Crippen LogP contribution >= 0.6 is 0 Å². The van der Waals surface area contributed by atoms with Gasteiger partial charge in [-0.15, -0.1) is 0 Å². The third-order valence-electron chi connectivity index (χ3n) is 4.62. The summed E-state index contributed by atoms with van der Waals surface area (Å²) in [4.78, 5) is 25.5. The highest BCUT2D eigenvalue weighted by Gasteiger charge is 2.61. The summed E-state index contributed by atoms with van der Waals surface area (Å²) in [7, 11) is 0. The molecular weight excluding hydrogens is 254 g/mol. The number of rotatable bonds is 1. The number of ketones is 1. The molecule has 4 nitrogen and oxygen atoms in total. The van der Waals surface area contributed by atoms with Crippen LogP contribution in [0.15, 0.2) is 24.3 Å². The number of hydrogen-bond donors (Lipinski definition) is 1. The van der Waals surface area contributed by atoms with Crippen LogP contribution in [0.5, 0.6) is 0 Å². The highest BCUT2D eigenvalue weighted by atomic mass is 16.5. The minimum Gasteiger partial charge on any atom is -0.379 e. The fourth-order valence-corrected chi connectivity index (χ4v) is 3.43. The second-order valence-electron chi connectivity index (χ2n) is 5.96. The number of carbonyl (C=O) groups is 2. The molecule has 3 rings (SSSR count). The summed E-state index contributed by atoms with van der Waals surface area (Å²) < 4.78 is 5.45. The van der Waals surface area contributed by atoms with Gasteiger partial charge in [0.1, 0.15) is 11.0 Å². The van der Waals surface area contributed by atoms with Crippen molar-refractivity contribution in [1.29, 1.82) is 0 Å². The third-order valence-corrected chi connectivity index (χ3v) is 4.62. The molecule has 0 aliphatic carbocycles. The molecule has 106 valence electrons. The number of hydrogen-bond acceptors (Lipinski definition) is 3. The Bertz CT molecular complexity index is 575. The van der Waals surface area contributed by atoms with Gasteiger partial charge in [0.15, 0.2) is 5.78 Å². The number of nitrogens with one attached hydrogen (secondary N) is 1. The lowest BCUT2D eigenvalue weighted by molar-refractivity contribution is -0.132. The van der Waals surface area contributed by atoms with E-state index in [0.29, 0.717) is 19.6 Å². The monoisotopic (exact) mass is 273 g/mol. The van der Waals surface area contributed by atoms with Gasteiger partial charge in [-0.05, 0) is 37.8 Å². The van der Waals surface area contributed by atoms with E-state index in [1.807, 2.05) is 31.2 Å². The Hall–Kier alpha value is -1.68. The molecule has 1 amide bonds. The molecule has 2 unspecified atom stereocenters. The maximum Gasteiger partial charge on any atom is 0.238 e. The third kappa shape index (κ3) is 1.64. The van der Waals surface area contributed by atoms with Crippen molar-refractivity contribution in [3.63, 3.8) is 0 Å². The maximum absolute atomic E-state index is 13.0. The molecule has 2 aliphatic heterocycles. The van der Waals surface area contributed by atoms with Gasteiger partial charge in [-0.1, -0.05) is 24.3 Å². The van der Waals surface area contributed by atoms with Gasteiger partial charge in [0.25, 0.3) is 0 Å². The Labute approximate surface area is 118 Å². The van der Waals surface area contributed by atoms with Crippen LogP contribution in [-0.2, 0) is 19.7 Å². The van der Waals surface area contributed by atoms with Crippen molar-refractivity contribution in [3.8, 4) is 0 Å². The lowest BCUT2D eigenvalue weighted by atomic mass is 9.72. The summed E-state index contributed by atoms with van der Waals surface area (Å²) in [5.41, 5.74) is -0.171. The lowest BCUT2D eigenvalue weighted by Crippen LogP contribution is -2.53. The molecule has 0 saturated carbocycles. The molecule has 0 bridgehead atoms. The van der Waals surface area contributed by atoms with Crippen molar-refractivity contribution < 1.29 is 14.3 Å². The van der Waals surface area contributed by atoms with Crippen molar-refractivity contribution in [3.05, 3.63) is 35.4 Å². The van der Waals surface area contributed by atoms with Crippen LogP contribution < -0.4 is 5.32 Å². The van der Waals surface area contributed by atoms with E-state index in [4.69, 9.17) is 4.74 Å². The van der Waals surface area contributed by atoms with Crippen molar-refractivity contribution in [2.24, 2.45) is 0 Å². The first-order valence-corrected chi connectivity index (χ1v) is 7.02. The molecule has 1 aromatic carbocycles. The number of amides is 1. The zero-order valence-corrected chi connectivity index (χ0v) is 11.9. The van der Waals surface area contributed by atoms with E-state index in [2.05, 4.69) is 5.32 Å². The molecule has 1 spiro atoms. The second-order valence-corrected chi connectivity index (χ2v) is 5.96. The van der Waals surface area contributed by atoms with Crippen LogP contribution in [0, 0.1) is 6.92 Å². The quantitative estimate of drug-likeness (QED) is 0.789. The van der Waals surface area contributed by atoms with Crippen molar-refractivity contribution >= 4 is 11.7 Å². The van der Waals surface area contributed by atoms with E-state index in [-0.39, 0.29) is 11.7 Å². The smallest absolute Gasteiger partial charge is 0.238 e. The minimum atomic E-state index is -1.11. The molecule has 1 aromatic rings. The van der Waals surface area contributed by atoms with Gasteiger partial charge in [0.05, 0.1) is 6.61 Å². The Balaban J connectivity index is 2.08. The summed E-state index contributed by atoms with van der Waals surface area (Å²) in [6, 6.07) is 7.59. The average Bonchev–Trinajstić information content (AvgIpc) is 2.63. The Kier molecular flexibility index (Phi) is 2.94. The molecule has 2 saturated heterocycles. The minimum absolute atomic E-state index is 0.0519. The van der Waals surface area contributed by atoms with Gasteiger partial charge < -0.3 is 10.1 Å². The summed E-state index contributed by atoms with van der Waals surface area (Å²) >= 11 is 0. The number of Topliss-reactive ketones (excluding diaryl/α,β-unsaturated/α-hetero) is 1. The molecule has 2 heterocycles. The number of carbonyl (C=O) groups excluding carboxylic acids is 2. The molecule has 2 fully saturated rings. The van der Waals surface area contributed by atoms with E-state index in [9.17, 15) is 9.59 Å². The van der Waals surface area contributed by atoms with Crippen LogP contribution in [0.3, 0.4) is 0 Å². The summed E-state index contributed by atoms with van der Waals surface area (Å²) in [6.07, 6.45) is 1.47. The molecule has 20 heavy (non-hydrogen) atoms. The topological polar surface area (TPSA) is 55.4 Å². The van der Waals surface area contributed by atoms with E-state index in [0.717, 1.165) is 17.5 Å². The van der Waals surface area contributed by atoms with Crippen LogP contribution in [-0.4, -0.2) is 30.4 Å². The fraction of sp³-hybridized carbons (Fsp3) is 0.500. The predicted octanol–water partition coefficient (Wildman–Crippen LogP) is 1.50. The van der Waals surface area contributed by atoms with Crippen molar-refractivity contribution in [2.75, 3.05) is 13.2 Å². The highest BCUT2D eigenvalue weighted by Crippen LogP contribution is 2.40. The number of ether oxygens (including phenoxy) is 1. The highest BCUT2D eigenvalue weighted by molar-refractivity contribution is 6.21. The molecule has 0 aromatic heterocycles. The van der Waals surface area contributed by atoms with Crippen molar-refractivity contribution in [1.82, 2.24) is 5.32 Å². The maximum atomic E-state index is 13.0. The second kappa shape index (κ2) is 4.42. The lowest BCUT2D eigenvalue weighted by Gasteiger charge is -2.32. The van der Waals surface area contributed by atoms with Gasteiger partial charge in [0, 0.05) is 6.61 Å². The Morgan fingerprint density at radius 1 is 1.25 bits per heavy atom. The Morgan fingerprint density at radius 2 is 2.00 bits per heavy atom. The summed E-state index contributed by atoms with van der Waals surface area (Å²) in [5, 5.41) is 2.92. The number of aryl methyl sites for hydroxylation is 1. The molecule has 1 N–H and O–H groups in total. The van der Waals surface area contributed by atoms with Crippen LogP contribution in [0.1, 0.15) is 30.9 Å².